The normalized spacial score (nSPS) is 10.7. The number of fused-ring (bicyclic) bond motifs is 1. The topological polar surface area (TPSA) is 22.0 Å². The number of pyridine rings is 1. The molecule has 88 valence electrons. The van der Waals surface area contributed by atoms with Crippen LogP contribution in [0.4, 0.5) is 0 Å². The second-order valence-corrected chi connectivity index (χ2v) is 4.49. The fourth-order valence-corrected chi connectivity index (χ4v) is 2.12. The first-order valence-electron chi connectivity index (χ1n) is 5.62. The minimum absolute atomic E-state index is 0.0181. The van der Waals surface area contributed by atoms with Crippen molar-refractivity contribution in [2.24, 2.45) is 0 Å². The Kier molecular flexibility index (Phi) is 2.65. The zero-order valence-corrected chi connectivity index (χ0v) is 10.3. The van der Waals surface area contributed by atoms with Crippen molar-refractivity contribution in [1.29, 1.82) is 0 Å². The van der Waals surface area contributed by atoms with Gasteiger partial charge in [0, 0.05) is 22.3 Å². The van der Waals surface area contributed by atoms with Crippen LogP contribution in [0.15, 0.2) is 65.6 Å². The molecule has 0 bridgehead atoms. The summed E-state index contributed by atoms with van der Waals surface area (Å²) in [7, 11) is 0. The standard InChI is InChI=1S/C15H10ClNO/c16-12-5-7-13(8-6-12)17-10-9-11-3-1-2-4-14(11)15(17)18/h1-10H. The first kappa shape index (κ1) is 11.1. The Morgan fingerprint density at radius 2 is 1.61 bits per heavy atom. The van der Waals surface area contributed by atoms with E-state index >= 15 is 0 Å². The summed E-state index contributed by atoms with van der Waals surface area (Å²) in [4.78, 5) is 12.3. The molecule has 0 spiro atoms. The molecule has 0 N–H and O–H groups in total. The molecular formula is C15H10ClNO. The van der Waals surface area contributed by atoms with Crippen LogP contribution in [0.25, 0.3) is 16.5 Å². The number of halogens is 1. The van der Waals surface area contributed by atoms with Gasteiger partial charge in [0.2, 0.25) is 0 Å². The number of nitrogens with zero attached hydrogens (tertiary/aromatic N) is 1. The summed E-state index contributed by atoms with van der Waals surface area (Å²) in [6, 6.07) is 16.7. The number of rotatable bonds is 1. The predicted molar refractivity (Wildman–Crippen MR) is 74.6 cm³/mol. The smallest absolute Gasteiger partial charge is 0.262 e. The van der Waals surface area contributed by atoms with E-state index < -0.39 is 0 Å². The first-order valence-corrected chi connectivity index (χ1v) is 6.00. The van der Waals surface area contributed by atoms with E-state index in [0.29, 0.717) is 5.02 Å². The second-order valence-electron chi connectivity index (χ2n) is 4.05. The van der Waals surface area contributed by atoms with Crippen LogP contribution in [0.3, 0.4) is 0 Å². The highest BCUT2D eigenvalue weighted by Gasteiger charge is 2.03. The predicted octanol–water partition coefficient (Wildman–Crippen LogP) is 3.64. The highest BCUT2D eigenvalue weighted by atomic mass is 35.5. The molecule has 0 saturated heterocycles. The fourth-order valence-electron chi connectivity index (χ4n) is 1.99. The van der Waals surface area contributed by atoms with Gasteiger partial charge in [-0.05, 0) is 41.8 Å². The summed E-state index contributed by atoms with van der Waals surface area (Å²) in [5, 5.41) is 2.33. The molecule has 0 amide bonds. The molecule has 0 atom stereocenters. The number of aromatic nitrogens is 1. The van der Waals surface area contributed by atoms with Crippen LogP contribution >= 0.6 is 11.6 Å². The summed E-state index contributed by atoms with van der Waals surface area (Å²) in [6.07, 6.45) is 1.79. The van der Waals surface area contributed by atoms with Crippen LogP contribution < -0.4 is 5.56 Å². The van der Waals surface area contributed by atoms with Gasteiger partial charge in [0.1, 0.15) is 0 Å². The van der Waals surface area contributed by atoms with Crippen molar-refractivity contribution in [1.82, 2.24) is 4.57 Å². The SMILES string of the molecule is O=c1c2ccccc2ccn1-c1ccc(Cl)cc1. The molecular weight excluding hydrogens is 246 g/mol. The zero-order chi connectivity index (χ0) is 12.5. The maximum Gasteiger partial charge on any atom is 0.262 e. The highest BCUT2D eigenvalue weighted by Crippen LogP contribution is 2.14. The van der Waals surface area contributed by atoms with Crippen LogP contribution in [-0.2, 0) is 0 Å². The molecule has 0 saturated carbocycles. The first-order chi connectivity index (χ1) is 8.75. The Hall–Kier alpha value is -2.06. The molecule has 0 aliphatic heterocycles. The lowest BCUT2D eigenvalue weighted by molar-refractivity contribution is 1.01. The van der Waals surface area contributed by atoms with Gasteiger partial charge in [0.05, 0.1) is 0 Å². The Morgan fingerprint density at radius 3 is 2.39 bits per heavy atom. The maximum atomic E-state index is 12.3. The van der Waals surface area contributed by atoms with E-state index in [1.54, 1.807) is 22.9 Å². The van der Waals surface area contributed by atoms with Crippen molar-refractivity contribution in [2.45, 2.75) is 0 Å². The zero-order valence-electron chi connectivity index (χ0n) is 9.51. The summed E-state index contributed by atoms with van der Waals surface area (Å²) in [5.74, 6) is 0. The van der Waals surface area contributed by atoms with Crippen molar-refractivity contribution in [2.75, 3.05) is 0 Å². The maximum absolute atomic E-state index is 12.3. The van der Waals surface area contributed by atoms with Gasteiger partial charge in [-0.3, -0.25) is 9.36 Å². The lowest BCUT2D eigenvalue weighted by Gasteiger charge is -2.07. The van der Waals surface area contributed by atoms with Gasteiger partial charge in [-0.15, -0.1) is 0 Å². The van der Waals surface area contributed by atoms with Crippen LogP contribution in [0.2, 0.25) is 5.02 Å². The van der Waals surface area contributed by atoms with Crippen molar-refractivity contribution in [3.63, 3.8) is 0 Å². The number of hydrogen-bond acceptors (Lipinski definition) is 1. The van der Waals surface area contributed by atoms with E-state index in [1.807, 2.05) is 42.5 Å². The third-order valence-corrected chi connectivity index (χ3v) is 3.17. The van der Waals surface area contributed by atoms with Gasteiger partial charge in [0.25, 0.3) is 5.56 Å². The van der Waals surface area contributed by atoms with E-state index in [9.17, 15) is 4.79 Å². The molecule has 1 heterocycles. The number of hydrogen-bond donors (Lipinski definition) is 0. The fraction of sp³-hybridized carbons (Fsp3) is 0. The molecule has 0 aliphatic carbocycles. The second kappa shape index (κ2) is 4.31. The molecule has 3 rings (SSSR count). The van der Waals surface area contributed by atoms with Crippen molar-refractivity contribution in [3.05, 3.63) is 76.2 Å². The van der Waals surface area contributed by atoms with Gasteiger partial charge in [-0.1, -0.05) is 29.8 Å². The van der Waals surface area contributed by atoms with Gasteiger partial charge in [-0.2, -0.15) is 0 Å². The summed E-state index contributed by atoms with van der Waals surface area (Å²) >= 11 is 5.85. The summed E-state index contributed by atoms with van der Waals surface area (Å²) in [5.41, 5.74) is 0.797. The number of benzene rings is 2. The average molecular weight is 256 g/mol. The highest BCUT2D eigenvalue weighted by molar-refractivity contribution is 6.30. The Morgan fingerprint density at radius 1 is 0.889 bits per heavy atom. The van der Waals surface area contributed by atoms with Crippen molar-refractivity contribution < 1.29 is 0 Å². The quantitative estimate of drug-likeness (QED) is 0.651. The van der Waals surface area contributed by atoms with E-state index in [2.05, 4.69) is 0 Å². The van der Waals surface area contributed by atoms with E-state index in [1.165, 1.54) is 0 Å². The van der Waals surface area contributed by atoms with Crippen LogP contribution in [-0.4, -0.2) is 4.57 Å². The summed E-state index contributed by atoms with van der Waals surface area (Å²) < 4.78 is 1.62. The minimum Gasteiger partial charge on any atom is -0.284 e. The van der Waals surface area contributed by atoms with Crippen molar-refractivity contribution in [3.8, 4) is 5.69 Å². The Bertz CT molecular complexity index is 759. The molecule has 3 heteroatoms. The largest absolute Gasteiger partial charge is 0.284 e. The van der Waals surface area contributed by atoms with Gasteiger partial charge < -0.3 is 0 Å². The lowest BCUT2D eigenvalue weighted by Crippen LogP contribution is -2.17. The molecule has 0 fully saturated rings. The lowest BCUT2D eigenvalue weighted by atomic mass is 10.2. The molecule has 2 nitrogen and oxygen atoms in total. The van der Waals surface area contributed by atoms with Gasteiger partial charge in [0.15, 0.2) is 0 Å². The summed E-state index contributed by atoms with van der Waals surface area (Å²) in [6.45, 7) is 0. The van der Waals surface area contributed by atoms with Gasteiger partial charge >= 0.3 is 0 Å². The molecule has 18 heavy (non-hydrogen) atoms. The molecule has 0 aliphatic rings. The van der Waals surface area contributed by atoms with E-state index in [0.717, 1.165) is 16.5 Å². The van der Waals surface area contributed by atoms with E-state index in [4.69, 9.17) is 11.6 Å². The van der Waals surface area contributed by atoms with Gasteiger partial charge in [-0.25, -0.2) is 0 Å². The molecule has 0 radical (unpaired) electrons. The third kappa shape index (κ3) is 1.81. The van der Waals surface area contributed by atoms with Crippen LogP contribution in [0.5, 0.6) is 0 Å². The minimum atomic E-state index is -0.0181. The third-order valence-electron chi connectivity index (χ3n) is 2.92. The average Bonchev–Trinajstić information content (AvgIpc) is 2.41. The molecule has 0 unspecified atom stereocenters. The molecule has 3 aromatic rings. The van der Waals surface area contributed by atoms with E-state index in [-0.39, 0.29) is 5.56 Å². The Balaban J connectivity index is 2.27. The monoisotopic (exact) mass is 255 g/mol. The molecule has 1 aromatic heterocycles. The van der Waals surface area contributed by atoms with Crippen LogP contribution in [0, 0.1) is 0 Å². The molecule has 2 aromatic carbocycles. The van der Waals surface area contributed by atoms with Crippen LogP contribution in [0.1, 0.15) is 0 Å². The Labute approximate surface area is 109 Å². The van der Waals surface area contributed by atoms with Crippen molar-refractivity contribution >= 4 is 22.4 Å².